The molecule has 3 aromatic rings. The fourth-order valence-corrected chi connectivity index (χ4v) is 4.77. The number of hydrogen-bond donors (Lipinski definition) is 0. The van der Waals surface area contributed by atoms with Gasteiger partial charge in [-0.2, -0.15) is 0 Å². The number of nitrogens with zero attached hydrogens (tertiary/aromatic N) is 6. The molecule has 0 N–H and O–H groups in total. The Hall–Kier alpha value is -2.74. The van der Waals surface area contributed by atoms with Gasteiger partial charge in [0, 0.05) is 39.3 Å². The molecule has 2 aromatic heterocycles. The van der Waals surface area contributed by atoms with Gasteiger partial charge in [0.15, 0.2) is 16.6 Å². The number of piperazine rings is 1. The van der Waals surface area contributed by atoms with E-state index in [1.165, 1.54) is 24.2 Å². The molecule has 28 heavy (non-hydrogen) atoms. The summed E-state index contributed by atoms with van der Waals surface area (Å²) in [7, 11) is 0. The summed E-state index contributed by atoms with van der Waals surface area (Å²) in [4.78, 5) is 23.7. The van der Waals surface area contributed by atoms with Crippen LogP contribution in [-0.4, -0.2) is 65.3 Å². The minimum Gasteiger partial charge on any atom is -0.355 e. The Bertz CT molecular complexity index is 941. The van der Waals surface area contributed by atoms with Crippen molar-refractivity contribution in [2.75, 3.05) is 49.1 Å². The molecule has 0 aliphatic carbocycles. The maximum absolute atomic E-state index is 12.8. The maximum atomic E-state index is 12.8. The zero-order chi connectivity index (χ0) is 18.9. The second kappa shape index (κ2) is 7.35. The van der Waals surface area contributed by atoms with Crippen molar-refractivity contribution in [3.8, 4) is 0 Å². The van der Waals surface area contributed by atoms with E-state index >= 15 is 0 Å². The summed E-state index contributed by atoms with van der Waals surface area (Å²) in [6.07, 6.45) is 2.46. The highest BCUT2D eigenvalue weighted by Crippen LogP contribution is 2.24. The molecule has 0 bridgehead atoms. The molecular formula is C20H22N6OS. The Labute approximate surface area is 167 Å². The number of carbonyl (C=O) groups is 1. The number of thiazole rings is 1. The first-order valence-corrected chi connectivity index (χ1v) is 10.6. The van der Waals surface area contributed by atoms with E-state index in [1.807, 2.05) is 35.2 Å². The fraction of sp³-hybridized carbons (Fsp3) is 0.400. The lowest BCUT2D eigenvalue weighted by Crippen LogP contribution is -2.49. The van der Waals surface area contributed by atoms with Crippen LogP contribution in [0, 0.1) is 0 Å². The van der Waals surface area contributed by atoms with Crippen LogP contribution >= 0.6 is 11.3 Å². The molecule has 0 radical (unpaired) electrons. The van der Waals surface area contributed by atoms with E-state index in [4.69, 9.17) is 0 Å². The van der Waals surface area contributed by atoms with Crippen molar-refractivity contribution < 1.29 is 4.79 Å². The maximum Gasteiger partial charge on any atom is 0.282 e. The van der Waals surface area contributed by atoms with E-state index in [2.05, 4.69) is 31.0 Å². The van der Waals surface area contributed by atoms with E-state index in [0.29, 0.717) is 18.1 Å². The van der Waals surface area contributed by atoms with Gasteiger partial charge in [0.1, 0.15) is 0 Å². The molecule has 0 spiro atoms. The molecule has 0 unspecified atom stereocenters. The zero-order valence-corrected chi connectivity index (χ0v) is 16.4. The lowest BCUT2D eigenvalue weighted by molar-refractivity contribution is 0.0746. The van der Waals surface area contributed by atoms with Gasteiger partial charge in [0.25, 0.3) is 5.91 Å². The summed E-state index contributed by atoms with van der Waals surface area (Å²) >= 11 is 1.47. The second-order valence-electron chi connectivity index (χ2n) is 7.21. The van der Waals surface area contributed by atoms with Crippen LogP contribution in [0.5, 0.6) is 0 Å². The zero-order valence-electron chi connectivity index (χ0n) is 15.6. The first kappa shape index (κ1) is 17.4. The fourth-order valence-electron chi connectivity index (χ4n) is 3.84. The third-order valence-electron chi connectivity index (χ3n) is 5.43. The first-order valence-electron chi connectivity index (χ1n) is 9.76. The van der Waals surface area contributed by atoms with Gasteiger partial charge in [0.05, 0.1) is 10.2 Å². The Balaban J connectivity index is 1.22. The Kier molecular flexibility index (Phi) is 4.56. The van der Waals surface area contributed by atoms with Crippen molar-refractivity contribution >= 4 is 39.1 Å². The highest BCUT2D eigenvalue weighted by atomic mass is 32.1. The van der Waals surface area contributed by atoms with E-state index in [-0.39, 0.29) is 5.91 Å². The van der Waals surface area contributed by atoms with E-state index in [9.17, 15) is 4.79 Å². The minimum atomic E-state index is 0.0244. The monoisotopic (exact) mass is 394 g/mol. The van der Waals surface area contributed by atoms with E-state index in [0.717, 1.165) is 48.0 Å². The van der Waals surface area contributed by atoms with Gasteiger partial charge in [-0.1, -0.05) is 12.1 Å². The van der Waals surface area contributed by atoms with E-state index < -0.39 is 0 Å². The van der Waals surface area contributed by atoms with Crippen LogP contribution in [-0.2, 0) is 0 Å². The molecule has 2 fully saturated rings. The average molecular weight is 395 g/mol. The molecule has 1 aromatic carbocycles. The summed E-state index contributed by atoms with van der Waals surface area (Å²) in [5.74, 6) is 1.87. The number of hydrogen-bond acceptors (Lipinski definition) is 7. The van der Waals surface area contributed by atoms with Gasteiger partial charge >= 0.3 is 0 Å². The Morgan fingerprint density at radius 2 is 1.46 bits per heavy atom. The van der Waals surface area contributed by atoms with Crippen molar-refractivity contribution in [3.05, 3.63) is 41.4 Å². The van der Waals surface area contributed by atoms with Crippen LogP contribution in [0.2, 0.25) is 0 Å². The third kappa shape index (κ3) is 3.28. The van der Waals surface area contributed by atoms with Crippen molar-refractivity contribution in [1.82, 2.24) is 20.1 Å². The van der Waals surface area contributed by atoms with Crippen LogP contribution in [0.1, 0.15) is 22.6 Å². The van der Waals surface area contributed by atoms with Crippen molar-refractivity contribution in [3.63, 3.8) is 0 Å². The van der Waals surface area contributed by atoms with Crippen LogP contribution in [0.25, 0.3) is 10.2 Å². The van der Waals surface area contributed by atoms with Crippen LogP contribution in [0.15, 0.2) is 36.4 Å². The first-order chi connectivity index (χ1) is 13.8. The lowest BCUT2D eigenvalue weighted by atomic mass is 10.3. The molecule has 5 rings (SSSR count). The van der Waals surface area contributed by atoms with E-state index in [1.54, 1.807) is 0 Å². The number of fused-ring (bicyclic) bond motifs is 1. The molecule has 144 valence electrons. The van der Waals surface area contributed by atoms with Crippen molar-refractivity contribution in [1.29, 1.82) is 0 Å². The normalized spacial score (nSPS) is 17.5. The van der Waals surface area contributed by atoms with Crippen LogP contribution in [0.4, 0.5) is 11.6 Å². The number of benzene rings is 1. The predicted molar refractivity (Wildman–Crippen MR) is 111 cm³/mol. The van der Waals surface area contributed by atoms with Gasteiger partial charge < -0.3 is 14.7 Å². The molecule has 2 aliphatic heterocycles. The highest BCUT2D eigenvalue weighted by molar-refractivity contribution is 7.20. The number of amides is 1. The lowest BCUT2D eigenvalue weighted by Gasteiger charge is -2.34. The van der Waals surface area contributed by atoms with Gasteiger partial charge in [-0.3, -0.25) is 4.79 Å². The molecule has 7 nitrogen and oxygen atoms in total. The molecule has 0 atom stereocenters. The quantitative estimate of drug-likeness (QED) is 0.680. The predicted octanol–water partition coefficient (Wildman–Crippen LogP) is 2.65. The van der Waals surface area contributed by atoms with Gasteiger partial charge in [-0.05, 0) is 37.1 Å². The molecule has 8 heteroatoms. The van der Waals surface area contributed by atoms with Gasteiger partial charge in [-0.15, -0.1) is 21.5 Å². The Morgan fingerprint density at radius 1 is 0.821 bits per heavy atom. The van der Waals surface area contributed by atoms with Crippen LogP contribution in [0.3, 0.4) is 0 Å². The summed E-state index contributed by atoms with van der Waals surface area (Å²) in [6.45, 7) is 5.00. The Morgan fingerprint density at radius 3 is 2.11 bits per heavy atom. The highest BCUT2D eigenvalue weighted by Gasteiger charge is 2.25. The number of carbonyl (C=O) groups excluding carboxylic acids is 1. The molecular weight excluding hydrogens is 372 g/mol. The van der Waals surface area contributed by atoms with Gasteiger partial charge in [0.2, 0.25) is 0 Å². The summed E-state index contributed by atoms with van der Waals surface area (Å²) in [5.41, 5.74) is 0.892. The topological polar surface area (TPSA) is 65.5 Å². The van der Waals surface area contributed by atoms with Crippen molar-refractivity contribution in [2.24, 2.45) is 0 Å². The summed E-state index contributed by atoms with van der Waals surface area (Å²) in [6, 6.07) is 12.0. The van der Waals surface area contributed by atoms with Gasteiger partial charge in [-0.25, -0.2) is 4.98 Å². The largest absolute Gasteiger partial charge is 0.355 e. The number of rotatable bonds is 3. The summed E-state index contributed by atoms with van der Waals surface area (Å²) in [5, 5.41) is 9.41. The second-order valence-corrected chi connectivity index (χ2v) is 8.24. The number of aromatic nitrogens is 3. The average Bonchev–Trinajstić information content (AvgIpc) is 3.43. The standard InChI is InChI=1S/C20H22N6OS/c27-20(19-21-15-5-1-2-6-16(15)28-19)26-13-11-25(12-14-26)18-8-7-17(22-23-18)24-9-3-4-10-24/h1-2,5-8H,3-4,9-14H2. The smallest absolute Gasteiger partial charge is 0.282 e. The minimum absolute atomic E-state index is 0.0244. The summed E-state index contributed by atoms with van der Waals surface area (Å²) < 4.78 is 1.05. The van der Waals surface area contributed by atoms with Crippen molar-refractivity contribution in [2.45, 2.75) is 12.8 Å². The molecule has 1 amide bonds. The molecule has 2 aliphatic rings. The molecule has 4 heterocycles. The van der Waals surface area contributed by atoms with Crippen LogP contribution < -0.4 is 9.80 Å². The number of para-hydroxylation sites is 1. The number of anilines is 2. The SMILES string of the molecule is O=C(c1nc2ccccc2s1)N1CCN(c2ccc(N3CCCC3)nn2)CC1. The third-order valence-corrected chi connectivity index (χ3v) is 6.46. The molecule has 0 saturated carbocycles. The molecule has 2 saturated heterocycles.